The predicted octanol–water partition coefficient (Wildman–Crippen LogP) is 5.41. The molecular formula is C26H22N2O5S. The summed E-state index contributed by atoms with van der Waals surface area (Å²) >= 11 is 1.28. The second-order valence-electron chi connectivity index (χ2n) is 7.37. The number of carbonyl (C=O) groups is 2. The maximum atomic E-state index is 13.1. The Morgan fingerprint density at radius 2 is 1.68 bits per heavy atom. The molecule has 4 rings (SSSR count). The van der Waals surface area contributed by atoms with Crippen molar-refractivity contribution in [1.82, 2.24) is 4.98 Å². The number of rotatable bonds is 9. The van der Waals surface area contributed by atoms with E-state index in [0.29, 0.717) is 32.8 Å². The number of anilines is 1. The molecule has 0 spiro atoms. The summed E-state index contributed by atoms with van der Waals surface area (Å²) in [5.74, 6) is -0.198. The molecule has 0 fully saturated rings. The van der Waals surface area contributed by atoms with Gasteiger partial charge in [0.05, 0.1) is 5.69 Å². The number of hydrogen-bond acceptors (Lipinski definition) is 6. The number of para-hydroxylation sites is 1. The van der Waals surface area contributed by atoms with Crippen LogP contribution in [-0.4, -0.2) is 28.6 Å². The Bertz CT molecular complexity index is 1290. The summed E-state index contributed by atoms with van der Waals surface area (Å²) < 4.78 is 11.1. The molecule has 1 heterocycles. The number of carboxylic acid groups (broad SMARTS) is 1. The van der Waals surface area contributed by atoms with E-state index in [4.69, 9.17) is 14.6 Å². The first kappa shape index (κ1) is 23.0. The average molecular weight is 475 g/mol. The number of aliphatic carboxylic acids is 1. The van der Waals surface area contributed by atoms with Gasteiger partial charge in [-0.15, -0.1) is 11.3 Å². The maximum absolute atomic E-state index is 13.1. The van der Waals surface area contributed by atoms with Crippen LogP contribution in [-0.2, 0) is 11.4 Å². The van der Waals surface area contributed by atoms with Gasteiger partial charge in [0, 0.05) is 11.3 Å². The van der Waals surface area contributed by atoms with Crippen LogP contribution in [0.5, 0.6) is 11.5 Å². The Balaban J connectivity index is 1.53. The van der Waals surface area contributed by atoms with Crippen LogP contribution in [0.25, 0.3) is 11.3 Å². The van der Waals surface area contributed by atoms with Gasteiger partial charge in [-0.25, -0.2) is 9.78 Å². The van der Waals surface area contributed by atoms with Crippen molar-refractivity contribution < 1.29 is 24.2 Å². The highest BCUT2D eigenvalue weighted by atomic mass is 32.1. The van der Waals surface area contributed by atoms with E-state index in [0.717, 1.165) is 11.1 Å². The number of ether oxygens (including phenoxy) is 2. The minimum Gasteiger partial charge on any atom is -0.486 e. The maximum Gasteiger partial charge on any atom is 0.341 e. The molecule has 3 aromatic carbocycles. The van der Waals surface area contributed by atoms with Crippen molar-refractivity contribution in [1.29, 1.82) is 0 Å². The topological polar surface area (TPSA) is 97.8 Å². The van der Waals surface area contributed by atoms with Crippen LogP contribution >= 0.6 is 11.3 Å². The number of amides is 1. The van der Waals surface area contributed by atoms with Gasteiger partial charge in [0.1, 0.15) is 28.0 Å². The molecule has 34 heavy (non-hydrogen) atoms. The molecule has 8 heteroatoms. The minimum absolute atomic E-state index is 0.178. The van der Waals surface area contributed by atoms with Gasteiger partial charge in [0.15, 0.2) is 6.61 Å². The Morgan fingerprint density at radius 3 is 2.35 bits per heavy atom. The molecule has 4 aromatic rings. The van der Waals surface area contributed by atoms with Crippen molar-refractivity contribution in [2.24, 2.45) is 0 Å². The van der Waals surface area contributed by atoms with E-state index < -0.39 is 12.6 Å². The Hall–Kier alpha value is -4.17. The average Bonchev–Trinajstić information content (AvgIpc) is 3.28. The van der Waals surface area contributed by atoms with Gasteiger partial charge in [-0.05, 0) is 42.8 Å². The lowest BCUT2D eigenvalue weighted by atomic mass is 10.1. The zero-order chi connectivity index (χ0) is 23.9. The van der Waals surface area contributed by atoms with Crippen molar-refractivity contribution >= 4 is 28.9 Å². The molecule has 172 valence electrons. The van der Waals surface area contributed by atoms with Crippen LogP contribution in [0.4, 0.5) is 5.69 Å². The Morgan fingerprint density at radius 1 is 0.971 bits per heavy atom. The summed E-state index contributed by atoms with van der Waals surface area (Å²) in [7, 11) is 0. The Labute approximate surface area is 200 Å². The fraction of sp³-hybridized carbons (Fsp3) is 0.115. The van der Waals surface area contributed by atoms with Gasteiger partial charge in [-0.1, -0.05) is 48.5 Å². The first-order chi connectivity index (χ1) is 16.5. The van der Waals surface area contributed by atoms with E-state index in [2.05, 4.69) is 10.3 Å². The highest BCUT2D eigenvalue weighted by Crippen LogP contribution is 2.30. The number of carbonyl (C=O) groups excluding carboxylic acids is 1. The van der Waals surface area contributed by atoms with Crippen LogP contribution in [0.2, 0.25) is 0 Å². The molecule has 0 aliphatic carbocycles. The fourth-order valence-electron chi connectivity index (χ4n) is 3.24. The quantitative estimate of drug-likeness (QED) is 0.336. The standard InChI is InChI=1S/C26H22N2O5S/c1-17-14-20(12-13-21(17)33-16-23(29)30)32-15-22-28-24(18-8-4-2-5-9-18)25(34-22)26(31)27-19-10-6-3-7-11-19/h2-14H,15-16H2,1H3,(H,27,31)(H,29,30). The second kappa shape index (κ2) is 10.6. The highest BCUT2D eigenvalue weighted by molar-refractivity contribution is 7.14. The molecule has 0 saturated carbocycles. The molecule has 0 radical (unpaired) electrons. The summed E-state index contributed by atoms with van der Waals surface area (Å²) in [6.07, 6.45) is 0. The molecular weight excluding hydrogens is 452 g/mol. The molecule has 0 aliphatic rings. The number of aromatic nitrogens is 1. The second-order valence-corrected chi connectivity index (χ2v) is 8.45. The van der Waals surface area contributed by atoms with Gasteiger partial charge in [-0.3, -0.25) is 4.79 Å². The summed E-state index contributed by atoms with van der Waals surface area (Å²) in [5.41, 5.74) is 2.91. The van der Waals surface area contributed by atoms with E-state index in [1.54, 1.807) is 18.2 Å². The third-order valence-electron chi connectivity index (χ3n) is 4.82. The van der Waals surface area contributed by atoms with Gasteiger partial charge >= 0.3 is 5.97 Å². The normalized spacial score (nSPS) is 10.5. The van der Waals surface area contributed by atoms with Crippen molar-refractivity contribution in [2.75, 3.05) is 11.9 Å². The summed E-state index contributed by atoms with van der Waals surface area (Å²) in [6.45, 7) is 1.58. The molecule has 0 saturated heterocycles. The fourth-order valence-corrected chi connectivity index (χ4v) is 4.13. The third kappa shape index (κ3) is 5.79. The number of thiazole rings is 1. The van der Waals surface area contributed by atoms with E-state index in [1.807, 2.05) is 67.6 Å². The molecule has 1 amide bonds. The van der Waals surface area contributed by atoms with Gasteiger partial charge < -0.3 is 19.9 Å². The van der Waals surface area contributed by atoms with Gasteiger partial charge in [0.2, 0.25) is 0 Å². The number of carboxylic acids is 1. The minimum atomic E-state index is -1.04. The van der Waals surface area contributed by atoms with E-state index in [-0.39, 0.29) is 12.5 Å². The number of nitrogens with one attached hydrogen (secondary N) is 1. The molecule has 0 unspecified atom stereocenters. The zero-order valence-electron chi connectivity index (χ0n) is 18.4. The smallest absolute Gasteiger partial charge is 0.341 e. The van der Waals surface area contributed by atoms with Crippen LogP contribution < -0.4 is 14.8 Å². The summed E-state index contributed by atoms with van der Waals surface area (Å²) in [4.78, 5) is 29.0. The largest absolute Gasteiger partial charge is 0.486 e. The predicted molar refractivity (Wildman–Crippen MR) is 131 cm³/mol. The number of nitrogens with zero attached hydrogens (tertiary/aromatic N) is 1. The zero-order valence-corrected chi connectivity index (χ0v) is 19.2. The first-order valence-corrected chi connectivity index (χ1v) is 11.3. The molecule has 1 aromatic heterocycles. The van der Waals surface area contributed by atoms with Crippen molar-refractivity contribution in [2.45, 2.75) is 13.5 Å². The first-order valence-electron chi connectivity index (χ1n) is 10.5. The van der Waals surface area contributed by atoms with E-state index >= 15 is 0 Å². The monoisotopic (exact) mass is 474 g/mol. The molecule has 0 aliphatic heterocycles. The molecule has 7 nitrogen and oxygen atoms in total. The van der Waals surface area contributed by atoms with Crippen LogP contribution in [0.15, 0.2) is 78.9 Å². The Kier molecular flexibility index (Phi) is 7.19. The summed E-state index contributed by atoms with van der Waals surface area (Å²) in [5, 5.41) is 12.4. The summed E-state index contributed by atoms with van der Waals surface area (Å²) in [6, 6.07) is 24.0. The number of aryl methyl sites for hydroxylation is 1. The molecule has 0 atom stereocenters. The van der Waals surface area contributed by atoms with Crippen molar-refractivity contribution in [3.63, 3.8) is 0 Å². The van der Waals surface area contributed by atoms with E-state index in [9.17, 15) is 9.59 Å². The van der Waals surface area contributed by atoms with Crippen LogP contribution in [0.3, 0.4) is 0 Å². The van der Waals surface area contributed by atoms with Gasteiger partial charge in [-0.2, -0.15) is 0 Å². The third-order valence-corrected chi connectivity index (χ3v) is 5.84. The van der Waals surface area contributed by atoms with Gasteiger partial charge in [0.25, 0.3) is 5.91 Å². The lowest BCUT2D eigenvalue weighted by Crippen LogP contribution is -2.11. The van der Waals surface area contributed by atoms with Crippen LogP contribution in [0.1, 0.15) is 20.2 Å². The highest BCUT2D eigenvalue weighted by Gasteiger charge is 2.20. The lowest BCUT2D eigenvalue weighted by molar-refractivity contribution is -0.139. The number of benzene rings is 3. The lowest BCUT2D eigenvalue weighted by Gasteiger charge is -2.09. The van der Waals surface area contributed by atoms with Crippen LogP contribution in [0, 0.1) is 6.92 Å². The molecule has 2 N–H and O–H groups in total. The SMILES string of the molecule is Cc1cc(OCc2nc(-c3ccccc3)c(C(=O)Nc3ccccc3)s2)ccc1OCC(=O)O. The number of hydrogen-bond donors (Lipinski definition) is 2. The molecule has 0 bridgehead atoms. The van der Waals surface area contributed by atoms with Crippen molar-refractivity contribution in [3.05, 3.63) is 94.3 Å². The van der Waals surface area contributed by atoms with E-state index in [1.165, 1.54) is 11.3 Å². The van der Waals surface area contributed by atoms with Crippen molar-refractivity contribution in [3.8, 4) is 22.8 Å².